The average Bonchev–Trinajstić information content (AvgIpc) is 2.24. The quantitative estimate of drug-likeness (QED) is 0.609. The molecule has 94 valence electrons. The van der Waals surface area contributed by atoms with Crippen molar-refractivity contribution in [2.45, 2.75) is 12.6 Å². The van der Waals surface area contributed by atoms with Crippen molar-refractivity contribution in [3.8, 4) is 5.88 Å². The summed E-state index contributed by atoms with van der Waals surface area (Å²) in [5, 5.41) is 0. The Balaban J connectivity index is 2.76. The first-order valence-corrected chi connectivity index (χ1v) is 4.13. The summed E-state index contributed by atoms with van der Waals surface area (Å²) in [6.07, 6.45) is -7.21. The molecular formula is C8H5F5N2O2. The van der Waals surface area contributed by atoms with E-state index in [1.165, 1.54) is 0 Å². The molecule has 0 saturated heterocycles. The number of carbonyl (C=O) groups excluding carboxylic acids is 1. The monoisotopic (exact) mass is 256 g/mol. The molecule has 0 aromatic carbocycles. The third kappa shape index (κ3) is 4.29. The highest BCUT2D eigenvalue weighted by Crippen LogP contribution is 2.17. The van der Waals surface area contributed by atoms with E-state index in [1.807, 2.05) is 0 Å². The highest BCUT2D eigenvalue weighted by Gasteiger charge is 2.29. The van der Waals surface area contributed by atoms with E-state index in [0.717, 1.165) is 0 Å². The van der Waals surface area contributed by atoms with E-state index in [1.54, 1.807) is 0 Å². The molecule has 0 fully saturated rings. The van der Waals surface area contributed by atoms with Crippen molar-refractivity contribution in [2.24, 2.45) is 0 Å². The van der Waals surface area contributed by atoms with Crippen LogP contribution in [0, 0.1) is 0 Å². The molecule has 0 N–H and O–H groups in total. The molecule has 1 rings (SSSR count). The summed E-state index contributed by atoms with van der Waals surface area (Å²) < 4.78 is 63.5. The van der Waals surface area contributed by atoms with Crippen LogP contribution in [-0.4, -0.2) is 35.0 Å². The summed E-state index contributed by atoms with van der Waals surface area (Å²) in [6.45, 7) is -1.63. The Hall–Kier alpha value is -1.80. The summed E-state index contributed by atoms with van der Waals surface area (Å²) in [5.74, 6) is -2.20. The molecule has 1 aromatic rings. The van der Waals surface area contributed by atoms with E-state index in [-0.39, 0.29) is 0 Å². The zero-order chi connectivity index (χ0) is 13.1. The Kier molecular flexibility index (Phi) is 3.92. The van der Waals surface area contributed by atoms with Crippen LogP contribution in [0.25, 0.3) is 0 Å². The minimum absolute atomic E-state index is 0.596. The lowest BCUT2D eigenvalue weighted by Gasteiger charge is -2.08. The highest BCUT2D eigenvalue weighted by atomic mass is 19.4. The minimum atomic E-state index is -4.59. The summed E-state index contributed by atoms with van der Waals surface area (Å²) in [7, 11) is 0. The molecule has 1 heterocycles. The van der Waals surface area contributed by atoms with Gasteiger partial charge < -0.3 is 4.74 Å². The molecule has 0 atom stereocenters. The number of Topliss-reactive ketones (excluding diaryl/α,β-unsaturated/α-hetero) is 1. The molecular weight excluding hydrogens is 251 g/mol. The number of hydrogen-bond donors (Lipinski definition) is 0. The molecule has 0 bridgehead atoms. The van der Waals surface area contributed by atoms with Crippen LogP contribution in [0.1, 0.15) is 10.5 Å². The van der Waals surface area contributed by atoms with Gasteiger partial charge >= 0.3 is 12.6 Å². The van der Waals surface area contributed by atoms with Crippen molar-refractivity contribution in [3.63, 3.8) is 0 Å². The van der Waals surface area contributed by atoms with E-state index in [9.17, 15) is 26.7 Å². The van der Waals surface area contributed by atoms with Crippen LogP contribution in [0.4, 0.5) is 22.0 Å². The molecule has 0 aliphatic heterocycles. The normalized spacial score (nSPS) is 11.6. The van der Waals surface area contributed by atoms with E-state index < -0.39 is 36.6 Å². The molecule has 9 heteroatoms. The van der Waals surface area contributed by atoms with E-state index in [0.29, 0.717) is 12.4 Å². The fourth-order valence-electron chi connectivity index (χ4n) is 0.821. The van der Waals surface area contributed by atoms with Gasteiger partial charge in [0.25, 0.3) is 0 Å². The third-order valence-corrected chi connectivity index (χ3v) is 1.48. The van der Waals surface area contributed by atoms with Crippen LogP contribution in [0.15, 0.2) is 12.4 Å². The average molecular weight is 256 g/mol. The Labute approximate surface area is 91.4 Å². The molecule has 1 aromatic heterocycles. The van der Waals surface area contributed by atoms with Crippen LogP contribution in [0.3, 0.4) is 0 Å². The Morgan fingerprint density at radius 2 is 2.00 bits per heavy atom. The second kappa shape index (κ2) is 5.02. The maximum Gasteiger partial charge on any atom is 0.422 e. The van der Waals surface area contributed by atoms with Crippen LogP contribution in [0.5, 0.6) is 5.88 Å². The standard InChI is InChI=1S/C8H5F5N2O2/c9-7(10)6(16)4-1-5(15-3-14-4)17-2-8(11,12)13/h1,3,7H,2H2. The molecule has 0 saturated carbocycles. The van der Waals surface area contributed by atoms with Crippen LogP contribution >= 0.6 is 0 Å². The summed E-state index contributed by atoms with van der Waals surface area (Å²) in [4.78, 5) is 17.2. The summed E-state index contributed by atoms with van der Waals surface area (Å²) in [6, 6.07) is 0.625. The molecule has 4 nitrogen and oxygen atoms in total. The van der Waals surface area contributed by atoms with Gasteiger partial charge in [-0.15, -0.1) is 0 Å². The first-order chi connectivity index (χ1) is 7.79. The molecule has 0 aliphatic carbocycles. The molecule has 17 heavy (non-hydrogen) atoms. The number of aromatic nitrogens is 2. The van der Waals surface area contributed by atoms with Gasteiger partial charge in [-0.25, -0.2) is 18.7 Å². The lowest BCUT2D eigenvalue weighted by atomic mass is 10.3. The van der Waals surface area contributed by atoms with Gasteiger partial charge in [-0.3, -0.25) is 4.79 Å². The van der Waals surface area contributed by atoms with Crippen LogP contribution < -0.4 is 4.74 Å². The topological polar surface area (TPSA) is 52.1 Å². The number of hydrogen-bond acceptors (Lipinski definition) is 4. The van der Waals surface area contributed by atoms with Gasteiger partial charge in [0.2, 0.25) is 11.7 Å². The number of alkyl halides is 5. The minimum Gasteiger partial charge on any atom is -0.468 e. The number of rotatable bonds is 4. The van der Waals surface area contributed by atoms with Crippen molar-refractivity contribution < 1.29 is 31.5 Å². The van der Waals surface area contributed by atoms with Crippen molar-refractivity contribution in [1.29, 1.82) is 0 Å². The maximum absolute atomic E-state index is 12.0. The zero-order valence-electron chi connectivity index (χ0n) is 8.04. The van der Waals surface area contributed by atoms with Crippen LogP contribution in [-0.2, 0) is 0 Å². The van der Waals surface area contributed by atoms with E-state index in [2.05, 4.69) is 14.7 Å². The zero-order valence-corrected chi connectivity index (χ0v) is 8.04. The molecule has 0 aliphatic rings. The second-order valence-electron chi connectivity index (χ2n) is 2.81. The summed E-state index contributed by atoms with van der Waals surface area (Å²) in [5.41, 5.74) is -0.702. The van der Waals surface area contributed by atoms with Gasteiger partial charge in [-0.2, -0.15) is 13.2 Å². The molecule has 0 amide bonds. The molecule has 0 spiro atoms. The van der Waals surface area contributed by atoms with Crippen molar-refractivity contribution in [1.82, 2.24) is 9.97 Å². The van der Waals surface area contributed by atoms with E-state index in [4.69, 9.17) is 0 Å². The first-order valence-electron chi connectivity index (χ1n) is 4.13. The van der Waals surface area contributed by atoms with Crippen molar-refractivity contribution in [2.75, 3.05) is 6.61 Å². The number of carbonyl (C=O) groups is 1. The van der Waals surface area contributed by atoms with Gasteiger partial charge in [-0.05, 0) is 0 Å². The molecule has 0 radical (unpaired) electrons. The Morgan fingerprint density at radius 3 is 2.53 bits per heavy atom. The predicted octanol–water partition coefficient (Wildman–Crippen LogP) is 1.87. The largest absolute Gasteiger partial charge is 0.468 e. The van der Waals surface area contributed by atoms with Gasteiger partial charge in [0.1, 0.15) is 12.0 Å². The van der Waals surface area contributed by atoms with Crippen LogP contribution in [0.2, 0.25) is 0 Å². The predicted molar refractivity (Wildman–Crippen MR) is 43.9 cm³/mol. The lowest BCUT2D eigenvalue weighted by Crippen LogP contribution is -2.20. The number of halogens is 5. The maximum atomic E-state index is 12.0. The Bertz CT molecular complexity index is 407. The number of nitrogens with zero attached hydrogens (tertiary/aromatic N) is 2. The fraction of sp³-hybridized carbons (Fsp3) is 0.375. The van der Waals surface area contributed by atoms with Gasteiger partial charge in [0, 0.05) is 6.07 Å². The van der Waals surface area contributed by atoms with E-state index >= 15 is 0 Å². The van der Waals surface area contributed by atoms with Gasteiger partial charge in [0.05, 0.1) is 0 Å². The highest BCUT2D eigenvalue weighted by molar-refractivity contribution is 5.96. The number of ether oxygens (including phenoxy) is 1. The van der Waals surface area contributed by atoms with Crippen molar-refractivity contribution >= 4 is 5.78 Å². The smallest absolute Gasteiger partial charge is 0.422 e. The first kappa shape index (κ1) is 13.3. The van der Waals surface area contributed by atoms with Crippen molar-refractivity contribution in [3.05, 3.63) is 18.1 Å². The van der Waals surface area contributed by atoms with Gasteiger partial charge in [0.15, 0.2) is 6.61 Å². The SMILES string of the molecule is O=C(c1cc(OCC(F)(F)F)ncn1)C(F)F. The van der Waals surface area contributed by atoms with Gasteiger partial charge in [-0.1, -0.05) is 0 Å². The summed E-state index contributed by atoms with van der Waals surface area (Å²) >= 11 is 0. The Morgan fingerprint density at radius 1 is 1.35 bits per heavy atom. The fourth-order valence-corrected chi connectivity index (χ4v) is 0.821. The third-order valence-electron chi connectivity index (χ3n) is 1.48. The second-order valence-corrected chi connectivity index (χ2v) is 2.81. The number of ketones is 1. The lowest BCUT2D eigenvalue weighted by molar-refractivity contribution is -0.154. The molecule has 0 unspecified atom stereocenters.